The number of carbonyl (C=O) groups excluding carboxylic acids is 1. The number of rotatable bonds is 8. The third kappa shape index (κ3) is 6.10. The highest BCUT2D eigenvalue weighted by atomic mass is 19.1. The molecule has 4 nitrogen and oxygen atoms in total. The highest BCUT2D eigenvalue weighted by Gasteiger charge is 2.12. The molecule has 0 fully saturated rings. The molecule has 0 radical (unpaired) electrons. The lowest BCUT2D eigenvalue weighted by molar-refractivity contribution is 0.236. The van der Waals surface area contributed by atoms with Crippen molar-refractivity contribution in [3.8, 4) is 5.75 Å². The molecule has 0 aliphatic rings. The van der Waals surface area contributed by atoms with Crippen molar-refractivity contribution >= 4 is 6.03 Å². The van der Waals surface area contributed by atoms with E-state index in [4.69, 9.17) is 4.74 Å². The van der Waals surface area contributed by atoms with Gasteiger partial charge in [-0.3, -0.25) is 0 Å². The molecule has 0 bridgehead atoms. The van der Waals surface area contributed by atoms with Crippen molar-refractivity contribution in [3.05, 3.63) is 65.5 Å². The van der Waals surface area contributed by atoms with Gasteiger partial charge in [0.25, 0.3) is 0 Å². The second kappa shape index (κ2) is 9.67. The monoisotopic (exact) mass is 344 g/mol. The van der Waals surface area contributed by atoms with Crippen LogP contribution >= 0.6 is 0 Å². The Kier molecular flexibility index (Phi) is 7.26. The van der Waals surface area contributed by atoms with Gasteiger partial charge >= 0.3 is 6.03 Å². The fraction of sp³-hybridized carbons (Fsp3) is 0.350. The summed E-state index contributed by atoms with van der Waals surface area (Å²) in [6.45, 7) is 2.57. The number of carbonyl (C=O) groups is 1. The van der Waals surface area contributed by atoms with Gasteiger partial charge in [0, 0.05) is 6.54 Å². The summed E-state index contributed by atoms with van der Waals surface area (Å²) >= 11 is 0. The first-order valence-electron chi connectivity index (χ1n) is 8.55. The quantitative estimate of drug-likeness (QED) is 0.705. The molecule has 0 spiro atoms. The van der Waals surface area contributed by atoms with E-state index in [0.29, 0.717) is 6.54 Å². The highest BCUT2D eigenvalue weighted by molar-refractivity contribution is 5.74. The molecule has 0 aliphatic carbocycles. The molecule has 0 saturated carbocycles. The van der Waals surface area contributed by atoms with E-state index in [2.05, 4.69) is 10.6 Å². The van der Waals surface area contributed by atoms with Crippen LogP contribution in [0.15, 0.2) is 48.5 Å². The molecule has 0 heterocycles. The Bertz CT molecular complexity index is 674. The number of urea groups is 1. The predicted octanol–water partition coefficient (Wildman–Crippen LogP) is 4.22. The van der Waals surface area contributed by atoms with Crippen LogP contribution in [0.2, 0.25) is 0 Å². The van der Waals surface area contributed by atoms with Crippen LogP contribution in [0.1, 0.15) is 36.9 Å². The van der Waals surface area contributed by atoms with E-state index in [0.717, 1.165) is 36.1 Å². The van der Waals surface area contributed by atoms with E-state index in [-0.39, 0.29) is 17.9 Å². The van der Waals surface area contributed by atoms with Crippen molar-refractivity contribution in [1.29, 1.82) is 0 Å². The van der Waals surface area contributed by atoms with Crippen LogP contribution < -0.4 is 15.4 Å². The number of aryl methyl sites for hydroxylation is 1. The zero-order valence-electron chi connectivity index (χ0n) is 14.7. The van der Waals surface area contributed by atoms with E-state index < -0.39 is 0 Å². The van der Waals surface area contributed by atoms with Crippen molar-refractivity contribution < 1.29 is 13.9 Å². The molecule has 2 amide bonds. The Morgan fingerprint density at radius 2 is 1.96 bits per heavy atom. The molecule has 2 aromatic carbocycles. The molecule has 5 heteroatoms. The zero-order valence-corrected chi connectivity index (χ0v) is 14.7. The zero-order chi connectivity index (χ0) is 18.1. The fourth-order valence-electron chi connectivity index (χ4n) is 2.65. The third-order valence-corrected chi connectivity index (χ3v) is 4.05. The summed E-state index contributed by atoms with van der Waals surface area (Å²) in [5, 5.41) is 5.83. The molecule has 1 unspecified atom stereocenters. The minimum atomic E-state index is -0.228. The van der Waals surface area contributed by atoms with E-state index in [1.165, 1.54) is 12.1 Å². The maximum absolute atomic E-state index is 13.1. The van der Waals surface area contributed by atoms with Gasteiger partial charge in [-0.25, -0.2) is 9.18 Å². The van der Waals surface area contributed by atoms with Gasteiger partial charge in [-0.2, -0.15) is 0 Å². The lowest BCUT2D eigenvalue weighted by Gasteiger charge is -2.18. The number of methoxy groups -OCH3 is 1. The van der Waals surface area contributed by atoms with Crippen LogP contribution in [-0.2, 0) is 6.42 Å². The van der Waals surface area contributed by atoms with Crippen molar-refractivity contribution in [2.24, 2.45) is 0 Å². The first-order valence-corrected chi connectivity index (χ1v) is 8.55. The predicted molar refractivity (Wildman–Crippen MR) is 97.3 cm³/mol. The second-order valence-corrected chi connectivity index (χ2v) is 5.87. The molecule has 25 heavy (non-hydrogen) atoms. The van der Waals surface area contributed by atoms with E-state index in [1.54, 1.807) is 13.2 Å². The molecule has 0 aliphatic heterocycles. The molecule has 1 atom stereocenters. The molecular formula is C20H25FN2O2. The number of amides is 2. The smallest absolute Gasteiger partial charge is 0.315 e. The van der Waals surface area contributed by atoms with Gasteiger partial charge in [-0.05, 0) is 54.7 Å². The van der Waals surface area contributed by atoms with Crippen LogP contribution in [0.5, 0.6) is 5.75 Å². The summed E-state index contributed by atoms with van der Waals surface area (Å²) in [5.41, 5.74) is 1.98. The van der Waals surface area contributed by atoms with E-state index in [9.17, 15) is 9.18 Å². The van der Waals surface area contributed by atoms with Gasteiger partial charge in [0.2, 0.25) is 0 Å². The van der Waals surface area contributed by atoms with Crippen LogP contribution in [0.25, 0.3) is 0 Å². The Morgan fingerprint density at radius 3 is 2.60 bits per heavy atom. The van der Waals surface area contributed by atoms with E-state index in [1.807, 2.05) is 37.3 Å². The third-order valence-electron chi connectivity index (χ3n) is 4.05. The summed E-state index contributed by atoms with van der Waals surface area (Å²) < 4.78 is 18.3. The van der Waals surface area contributed by atoms with Gasteiger partial charge in [0.1, 0.15) is 11.6 Å². The van der Waals surface area contributed by atoms with Gasteiger partial charge in [-0.15, -0.1) is 0 Å². The van der Waals surface area contributed by atoms with E-state index >= 15 is 0 Å². The molecular weight excluding hydrogens is 319 g/mol. The van der Waals surface area contributed by atoms with Crippen molar-refractivity contribution in [2.45, 2.75) is 32.2 Å². The first kappa shape index (κ1) is 18.8. The summed E-state index contributed by atoms with van der Waals surface area (Å²) in [4.78, 5) is 12.1. The maximum Gasteiger partial charge on any atom is 0.315 e. The van der Waals surface area contributed by atoms with Crippen LogP contribution in [0, 0.1) is 5.82 Å². The molecule has 2 N–H and O–H groups in total. The van der Waals surface area contributed by atoms with Crippen LogP contribution in [-0.4, -0.2) is 19.7 Å². The molecule has 0 saturated heterocycles. The molecule has 134 valence electrons. The number of hydrogen-bond donors (Lipinski definition) is 2. The van der Waals surface area contributed by atoms with Crippen molar-refractivity contribution in [1.82, 2.24) is 10.6 Å². The summed E-state index contributed by atoms with van der Waals surface area (Å²) in [7, 11) is 1.63. The van der Waals surface area contributed by atoms with Crippen molar-refractivity contribution in [2.75, 3.05) is 13.7 Å². The Balaban J connectivity index is 1.75. The fourth-order valence-corrected chi connectivity index (χ4v) is 2.65. The average molecular weight is 344 g/mol. The average Bonchev–Trinajstić information content (AvgIpc) is 2.63. The Hall–Kier alpha value is -2.56. The van der Waals surface area contributed by atoms with Gasteiger partial charge in [0.05, 0.1) is 13.2 Å². The number of halogens is 1. The van der Waals surface area contributed by atoms with Gasteiger partial charge in [0.15, 0.2) is 0 Å². The van der Waals surface area contributed by atoms with Crippen LogP contribution in [0.3, 0.4) is 0 Å². The summed E-state index contributed by atoms with van der Waals surface area (Å²) in [5.74, 6) is 0.564. The first-order chi connectivity index (χ1) is 12.1. The lowest BCUT2D eigenvalue weighted by Crippen LogP contribution is -2.38. The normalized spacial score (nSPS) is 11.6. The molecule has 2 aromatic rings. The molecule has 0 aromatic heterocycles. The SMILES string of the molecule is CCC(NC(=O)NCCCc1cccc(F)c1)c1ccc(OC)cc1. The highest BCUT2D eigenvalue weighted by Crippen LogP contribution is 2.19. The maximum atomic E-state index is 13.1. The number of nitrogens with one attached hydrogen (secondary N) is 2. The number of hydrogen-bond acceptors (Lipinski definition) is 2. The van der Waals surface area contributed by atoms with Gasteiger partial charge in [-0.1, -0.05) is 31.2 Å². The van der Waals surface area contributed by atoms with Crippen LogP contribution in [0.4, 0.5) is 9.18 Å². The Labute approximate surface area is 148 Å². The van der Waals surface area contributed by atoms with Gasteiger partial charge < -0.3 is 15.4 Å². The minimum absolute atomic E-state index is 0.0471. The largest absolute Gasteiger partial charge is 0.497 e. The minimum Gasteiger partial charge on any atom is -0.497 e. The standard InChI is InChI=1S/C20H25FN2O2/c1-3-19(16-9-11-18(25-2)12-10-16)23-20(24)22-13-5-7-15-6-4-8-17(21)14-15/h4,6,8-12,14,19H,3,5,7,13H2,1-2H3,(H2,22,23,24). The summed E-state index contributed by atoms with van der Waals surface area (Å²) in [6, 6.07) is 14.0. The number of ether oxygens (including phenoxy) is 1. The Morgan fingerprint density at radius 1 is 1.20 bits per heavy atom. The van der Waals surface area contributed by atoms with Crippen molar-refractivity contribution in [3.63, 3.8) is 0 Å². The molecule has 2 rings (SSSR count). The number of benzene rings is 2. The lowest BCUT2D eigenvalue weighted by atomic mass is 10.0. The topological polar surface area (TPSA) is 50.4 Å². The second-order valence-electron chi connectivity index (χ2n) is 5.87. The summed E-state index contributed by atoms with van der Waals surface area (Å²) in [6.07, 6.45) is 2.28.